The minimum atomic E-state index is -0.336. The highest BCUT2D eigenvalue weighted by molar-refractivity contribution is 14.1. The van der Waals surface area contributed by atoms with E-state index in [1.165, 1.54) is 12.8 Å². The fraction of sp³-hybridized carbons (Fsp3) is 0.538. The summed E-state index contributed by atoms with van der Waals surface area (Å²) < 4.78 is 0.963. The molecule has 2 fully saturated rings. The second-order valence-corrected chi connectivity index (χ2v) is 6.42. The minimum Gasteiger partial charge on any atom is -0.369 e. The normalized spacial score (nSPS) is 26.3. The van der Waals surface area contributed by atoms with Gasteiger partial charge < -0.3 is 10.2 Å². The molecule has 0 spiro atoms. The highest BCUT2D eigenvalue weighted by Crippen LogP contribution is 2.33. The van der Waals surface area contributed by atoms with Crippen LogP contribution in [0, 0.1) is 19.6 Å². The molecule has 19 heavy (non-hydrogen) atoms. The van der Waals surface area contributed by atoms with Gasteiger partial charge in [-0.1, -0.05) is 0 Å². The lowest BCUT2D eigenvalue weighted by Crippen LogP contribution is -2.40. The van der Waals surface area contributed by atoms with Gasteiger partial charge in [0.15, 0.2) is 0 Å². The lowest BCUT2D eigenvalue weighted by Gasteiger charge is -2.24. The Morgan fingerprint density at radius 1 is 1.42 bits per heavy atom. The smallest absolute Gasteiger partial charge is 0.270 e. The molecular weight excluding hydrogens is 357 g/mol. The largest absolute Gasteiger partial charge is 0.369 e. The zero-order valence-corrected chi connectivity index (χ0v) is 12.7. The van der Waals surface area contributed by atoms with E-state index in [0.717, 1.165) is 34.8 Å². The van der Waals surface area contributed by atoms with Crippen LogP contribution in [0.25, 0.3) is 0 Å². The number of nitrogens with zero attached hydrogens (tertiary/aromatic N) is 2. The molecule has 2 saturated heterocycles. The predicted molar refractivity (Wildman–Crippen MR) is 82.5 cm³/mol. The first-order chi connectivity index (χ1) is 9.15. The molecule has 102 valence electrons. The fourth-order valence-electron chi connectivity index (χ4n) is 3.11. The molecule has 0 bridgehead atoms. The standard InChI is InChI=1S/C13H16IN3O2/c14-11-6-10(17(18)19)3-4-13(11)16-7-9-2-1-5-15-12(9)8-16/h3-4,6,9,12,15H,1-2,5,7-8H2. The summed E-state index contributed by atoms with van der Waals surface area (Å²) in [6.07, 6.45) is 2.55. The van der Waals surface area contributed by atoms with Crippen molar-refractivity contribution in [3.8, 4) is 0 Å². The molecule has 2 unspecified atom stereocenters. The average Bonchev–Trinajstić information content (AvgIpc) is 2.81. The monoisotopic (exact) mass is 373 g/mol. The van der Waals surface area contributed by atoms with Crippen LogP contribution in [0.5, 0.6) is 0 Å². The van der Waals surface area contributed by atoms with Crippen molar-refractivity contribution in [3.05, 3.63) is 31.9 Å². The molecule has 2 aliphatic rings. The van der Waals surface area contributed by atoms with Crippen LogP contribution < -0.4 is 10.2 Å². The average molecular weight is 373 g/mol. The molecule has 1 N–H and O–H groups in total. The maximum Gasteiger partial charge on any atom is 0.270 e. The van der Waals surface area contributed by atoms with Crippen LogP contribution in [0.3, 0.4) is 0 Å². The van der Waals surface area contributed by atoms with Crippen LogP contribution >= 0.6 is 22.6 Å². The van der Waals surface area contributed by atoms with E-state index in [1.54, 1.807) is 12.1 Å². The lowest BCUT2D eigenvalue weighted by molar-refractivity contribution is -0.384. The van der Waals surface area contributed by atoms with Crippen molar-refractivity contribution in [2.24, 2.45) is 5.92 Å². The Bertz CT molecular complexity index is 495. The highest BCUT2D eigenvalue weighted by Gasteiger charge is 2.34. The maximum absolute atomic E-state index is 10.8. The van der Waals surface area contributed by atoms with E-state index in [-0.39, 0.29) is 10.6 Å². The number of rotatable bonds is 2. The van der Waals surface area contributed by atoms with E-state index in [0.29, 0.717) is 6.04 Å². The first kappa shape index (κ1) is 13.1. The van der Waals surface area contributed by atoms with Gasteiger partial charge in [0, 0.05) is 34.8 Å². The number of benzene rings is 1. The predicted octanol–water partition coefficient (Wildman–Crippen LogP) is 2.39. The van der Waals surface area contributed by atoms with Crippen LogP contribution in [0.15, 0.2) is 18.2 Å². The number of nitrogens with one attached hydrogen (secondary N) is 1. The van der Waals surface area contributed by atoms with Gasteiger partial charge in [0.25, 0.3) is 5.69 Å². The lowest BCUT2D eigenvalue weighted by atomic mass is 9.94. The number of piperidine rings is 1. The summed E-state index contributed by atoms with van der Waals surface area (Å²) in [5.41, 5.74) is 1.30. The molecule has 2 atom stereocenters. The molecule has 2 heterocycles. The summed E-state index contributed by atoms with van der Waals surface area (Å²) >= 11 is 2.20. The second-order valence-electron chi connectivity index (χ2n) is 5.26. The van der Waals surface area contributed by atoms with Crippen molar-refractivity contribution in [2.75, 3.05) is 24.5 Å². The summed E-state index contributed by atoms with van der Waals surface area (Å²) in [7, 11) is 0. The van der Waals surface area contributed by atoms with Gasteiger partial charge in [-0.15, -0.1) is 0 Å². The van der Waals surface area contributed by atoms with Crippen LogP contribution in [0.2, 0.25) is 0 Å². The summed E-state index contributed by atoms with van der Waals surface area (Å²) in [5, 5.41) is 14.3. The van der Waals surface area contributed by atoms with Gasteiger partial charge in [0.2, 0.25) is 0 Å². The van der Waals surface area contributed by atoms with Crippen LogP contribution in [0.1, 0.15) is 12.8 Å². The van der Waals surface area contributed by atoms with Crippen molar-refractivity contribution in [1.29, 1.82) is 0 Å². The Kier molecular flexibility index (Phi) is 3.62. The molecule has 2 aliphatic heterocycles. The zero-order chi connectivity index (χ0) is 13.4. The van der Waals surface area contributed by atoms with Crippen molar-refractivity contribution in [1.82, 2.24) is 5.32 Å². The molecule has 0 aliphatic carbocycles. The topological polar surface area (TPSA) is 58.4 Å². The van der Waals surface area contributed by atoms with E-state index in [2.05, 4.69) is 32.8 Å². The summed E-state index contributed by atoms with van der Waals surface area (Å²) in [6.45, 7) is 3.19. The zero-order valence-electron chi connectivity index (χ0n) is 10.5. The number of fused-ring (bicyclic) bond motifs is 1. The number of hydrogen-bond donors (Lipinski definition) is 1. The van der Waals surface area contributed by atoms with Gasteiger partial charge in [0.1, 0.15) is 0 Å². The van der Waals surface area contributed by atoms with Crippen molar-refractivity contribution >= 4 is 34.0 Å². The number of non-ortho nitro benzene ring substituents is 1. The van der Waals surface area contributed by atoms with Crippen LogP contribution in [0.4, 0.5) is 11.4 Å². The Morgan fingerprint density at radius 2 is 2.26 bits per heavy atom. The quantitative estimate of drug-likeness (QED) is 0.492. The van der Waals surface area contributed by atoms with Gasteiger partial charge in [-0.25, -0.2) is 0 Å². The SMILES string of the molecule is O=[N+]([O-])c1ccc(N2CC3CCCNC3C2)c(I)c1. The Labute approximate surface area is 125 Å². The number of hydrogen-bond acceptors (Lipinski definition) is 4. The summed E-state index contributed by atoms with van der Waals surface area (Å²) in [6, 6.07) is 5.73. The van der Waals surface area contributed by atoms with E-state index < -0.39 is 0 Å². The molecule has 0 amide bonds. The van der Waals surface area contributed by atoms with Gasteiger partial charge >= 0.3 is 0 Å². The van der Waals surface area contributed by atoms with E-state index in [9.17, 15) is 10.1 Å². The van der Waals surface area contributed by atoms with E-state index in [4.69, 9.17) is 0 Å². The third-order valence-corrected chi connectivity index (χ3v) is 4.95. The second kappa shape index (κ2) is 5.24. The molecule has 3 rings (SSSR count). The third-order valence-electron chi connectivity index (χ3n) is 4.08. The van der Waals surface area contributed by atoms with Gasteiger partial charge in [0.05, 0.1) is 10.6 Å². The molecule has 0 radical (unpaired) electrons. The Morgan fingerprint density at radius 3 is 2.95 bits per heavy atom. The number of halogens is 1. The van der Waals surface area contributed by atoms with Gasteiger partial charge in [-0.2, -0.15) is 0 Å². The van der Waals surface area contributed by atoms with Crippen molar-refractivity contribution in [3.63, 3.8) is 0 Å². The number of nitro groups is 1. The molecule has 6 heteroatoms. The Hall–Kier alpha value is -0.890. The molecule has 1 aromatic rings. The first-order valence-electron chi connectivity index (χ1n) is 6.57. The van der Waals surface area contributed by atoms with Crippen molar-refractivity contribution < 1.29 is 4.92 Å². The highest BCUT2D eigenvalue weighted by atomic mass is 127. The molecule has 5 nitrogen and oxygen atoms in total. The van der Waals surface area contributed by atoms with Crippen LogP contribution in [-0.2, 0) is 0 Å². The number of nitro benzene ring substituents is 1. The fourth-order valence-corrected chi connectivity index (χ4v) is 3.95. The molecule has 0 saturated carbocycles. The first-order valence-corrected chi connectivity index (χ1v) is 7.65. The Balaban J connectivity index is 1.81. The van der Waals surface area contributed by atoms with E-state index in [1.807, 2.05) is 6.07 Å². The molecule has 1 aromatic carbocycles. The summed E-state index contributed by atoms with van der Waals surface area (Å²) in [4.78, 5) is 12.8. The van der Waals surface area contributed by atoms with Gasteiger partial charge in [-0.3, -0.25) is 10.1 Å². The van der Waals surface area contributed by atoms with Gasteiger partial charge in [-0.05, 0) is 54.0 Å². The van der Waals surface area contributed by atoms with Crippen LogP contribution in [-0.4, -0.2) is 30.6 Å². The van der Waals surface area contributed by atoms with Crippen molar-refractivity contribution in [2.45, 2.75) is 18.9 Å². The summed E-state index contributed by atoms with van der Waals surface area (Å²) in [5.74, 6) is 0.722. The minimum absolute atomic E-state index is 0.169. The third kappa shape index (κ3) is 2.55. The van der Waals surface area contributed by atoms with E-state index >= 15 is 0 Å². The molecule has 0 aromatic heterocycles. The molecular formula is C13H16IN3O2. The maximum atomic E-state index is 10.8. The number of anilines is 1.